The fraction of sp³-hybridized carbons (Fsp3) is 0.100. The maximum Gasteiger partial charge on any atom is 0.297 e. The van der Waals surface area contributed by atoms with Crippen molar-refractivity contribution >= 4 is 25.8 Å². The Morgan fingerprint density at radius 1 is 0.714 bits per heavy atom. The van der Waals surface area contributed by atoms with Gasteiger partial charge in [0, 0.05) is 5.69 Å². The van der Waals surface area contributed by atoms with E-state index in [0.29, 0.717) is 11.1 Å². The molecule has 6 nitrogen and oxygen atoms in total. The van der Waals surface area contributed by atoms with E-state index in [4.69, 9.17) is 4.18 Å². The maximum atomic E-state index is 12.4. The molecular weight excluding hydrogens is 398 g/mol. The van der Waals surface area contributed by atoms with Crippen molar-refractivity contribution in [1.29, 1.82) is 0 Å². The van der Waals surface area contributed by atoms with E-state index in [1.54, 1.807) is 54.6 Å². The first-order chi connectivity index (χ1) is 13.3. The highest BCUT2D eigenvalue weighted by molar-refractivity contribution is 7.92. The van der Waals surface area contributed by atoms with Gasteiger partial charge in [-0.25, -0.2) is 8.42 Å². The molecule has 0 aliphatic carbocycles. The second-order valence-electron chi connectivity index (χ2n) is 6.08. The summed E-state index contributed by atoms with van der Waals surface area (Å²) in [5, 5.41) is 0. The predicted molar refractivity (Wildman–Crippen MR) is 108 cm³/mol. The minimum Gasteiger partial charge on any atom is -0.283 e. The van der Waals surface area contributed by atoms with E-state index in [1.807, 2.05) is 6.07 Å². The summed E-state index contributed by atoms with van der Waals surface area (Å²) >= 11 is 0. The average molecular weight is 418 g/mol. The first-order valence-electron chi connectivity index (χ1n) is 8.42. The molecule has 1 N–H and O–H groups in total. The van der Waals surface area contributed by atoms with Crippen molar-refractivity contribution in [1.82, 2.24) is 0 Å². The summed E-state index contributed by atoms with van der Waals surface area (Å²) in [7, 11) is -7.72. The van der Waals surface area contributed by atoms with Crippen molar-refractivity contribution in [2.75, 3.05) is 4.72 Å². The van der Waals surface area contributed by atoms with E-state index >= 15 is 0 Å². The third-order valence-electron chi connectivity index (χ3n) is 3.82. The van der Waals surface area contributed by atoms with E-state index in [0.717, 1.165) is 0 Å². The average Bonchev–Trinajstić information content (AvgIpc) is 2.67. The Labute approximate surface area is 165 Å². The maximum absolute atomic E-state index is 12.4. The third kappa shape index (κ3) is 5.66. The fourth-order valence-corrected chi connectivity index (χ4v) is 4.65. The van der Waals surface area contributed by atoms with Crippen LogP contribution in [0.2, 0.25) is 0 Å². The Hall–Kier alpha value is -2.68. The zero-order chi connectivity index (χ0) is 20.0. The van der Waals surface area contributed by atoms with Crippen LogP contribution in [0.4, 0.5) is 5.69 Å². The van der Waals surface area contributed by atoms with Gasteiger partial charge in [0.15, 0.2) is 0 Å². The predicted octanol–water partition coefficient (Wildman–Crippen LogP) is 3.53. The SMILES string of the molecule is O=S(=O)(Cc1ccccc1)Nc1cccc(S(=O)(=O)OCc2ccccc2)c1. The number of hydrogen-bond donors (Lipinski definition) is 1. The summed E-state index contributed by atoms with van der Waals surface area (Å²) in [5.74, 6) is -0.213. The highest BCUT2D eigenvalue weighted by atomic mass is 32.2. The number of benzene rings is 3. The van der Waals surface area contributed by atoms with Gasteiger partial charge < -0.3 is 0 Å². The molecule has 0 radical (unpaired) electrons. The smallest absolute Gasteiger partial charge is 0.283 e. The lowest BCUT2D eigenvalue weighted by Crippen LogP contribution is -2.15. The second-order valence-corrected chi connectivity index (χ2v) is 9.41. The number of rotatable bonds is 8. The molecule has 0 saturated carbocycles. The summed E-state index contributed by atoms with van der Waals surface area (Å²) in [6.45, 7) is -0.104. The molecule has 0 spiro atoms. The summed E-state index contributed by atoms with van der Waals surface area (Å²) in [5.41, 5.74) is 1.50. The van der Waals surface area contributed by atoms with E-state index in [2.05, 4.69) is 4.72 Å². The van der Waals surface area contributed by atoms with Crippen LogP contribution in [0.15, 0.2) is 89.8 Å². The Morgan fingerprint density at radius 3 is 1.96 bits per heavy atom. The topological polar surface area (TPSA) is 89.5 Å². The van der Waals surface area contributed by atoms with Crippen LogP contribution in [0.25, 0.3) is 0 Å². The lowest BCUT2D eigenvalue weighted by molar-refractivity contribution is 0.308. The molecule has 3 aromatic rings. The van der Waals surface area contributed by atoms with Gasteiger partial charge in [0.05, 0.1) is 17.3 Å². The second kappa shape index (κ2) is 8.55. The van der Waals surface area contributed by atoms with Crippen LogP contribution in [0.3, 0.4) is 0 Å². The molecule has 3 rings (SSSR count). The van der Waals surface area contributed by atoms with Crippen molar-refractivity contribution in [3.8, 4) is 0 Å². The molecule has 0 aliphatic heterocycles. The van der Waals surface area contributed by atoms with Crippen molar-refractivity contribution in [2.45, 2.75) is 17.3 Å². The van der Waals surface area contributed by atoms with Gasteiger partial charge >= 0.3 is 0 Å². The quantitative estimate of drug-likeness (QED) is 0.566. The van der Waals surface area contributed by atoms with Crippen LogP contribution in [0.5, 0.6) is 0 Å². The Kier molecular flexibility index (Phi) is 6.13. The van der Waals surface area contributed by atoms with Gasteiger partial charge in [0.2, 0.25) is 10.0 Å². The van der Waals surface area contributed by atoms with Gasteiger partial charge in [0.1, 0.15) is 0 Å². The molecule has 0 fully saturated rings. The van der Waals surface area contributed by atoms with Crippen LogP contribution in [0, 0.1) is 0 Å². The standard InChI is InChI=1S/C20H19NO5S2/c22-27(23,16-18-10-5-2-6-11-18)21-19-12-7-13-20(14-19)28(24,25)26-15-17-8-3-1-4-9-17/h1-14,21H,15-16H2. The molecule has 8 heteroatoms. The van der Waals surface area contributed by atoms with Gasteiger partial charge in [0.25, 0.3) is 10.1 Å². The molecule has 0 bridgehead atoms. The fourth-order valence-electron chi connectivity index (χ4n) is 2.51. The van der Waals surface area contributed by atoms with Crippen LogP contribution in [-0.4, -0.2) is 16.8 Å². The summed E-state index contributed by atoms with van der Waals surface area (Å²) < 4.78 is 57.0. The molecular formula is C20H19NO5S2. The molecule has 0 saturated heterocycles. The Bertz CT molecular complexity index is 1130. The minimum absolute atomic E-state index is 0.104. The summed E-state index contributed by atoms with van der Waals surface area (Å²) in [4.78, 5) is -0.122. The molecule has 0 aliphatic rings. The van der Waals surface area contributed by atoms with Gasteiger partial charge in [-0.3, -0.25) is 8.91 Å². The Balaban J connectivity index is 1.72. The zero-order valence-electron chi connectivity index (χ0n) is 14.9. The van der Waals surface area contributed by atoms with Gasteiger partial charge in [-0.05, 0) is 29.3 Å². The molecule has 3 aromatic carbocycles. The van der Waals surface area contributed by atoms with Crippen molar-refractivity contribution in [3.63, 3.8) is 0 Å². The number of nitrogens with one attached hydrogen (secondary N) is 1. The molecule has 0 heterocycles. The molecule has 0 unspecified atom stereocenters. The van der Waals surface area contributed by atoms with Gasteiger partial charge in [-0.2, -0.15) is 8.42 Å². The van der Waals surface area contributed by atoms with E-state index < -0.39 is 20.1 Å². The minimum atomic E-state index is -4.03. The zero-order valence-corrected chi connectivity index (χ0v) is 16.5. The molecule has 28 heavy (non-hydrogen) atoms. The summed E-state index contributed by atoms with van der Waals surface area (Å²) in [6, 6.07) is 23.2. The highest BCUT2D eigenvalue weighted by Crippen LogP contribution is 2.20. The highest BCUT2D eigenvalue weighted by Gasteiger charge is 2.18. The largest absolute Gasteiger partial charge is 0.297 e. The molecule has 146 valence electrons. The van der Waals surface area contributed by atoms with Crippen molar-refractivity contribution < 1.29 is 21.0 Å². The van der Waals surface area contributed by atoms with Crippen LogP contribution >= 0.6 is 0 Å². The Morgan fingerprint density at radius 2 is 1.32 bits per heavy atom. The van der Waals surface area contributed by atoms with E-state index in [-0.39, 0.29) is 22.9 Å². The van der Waals surface area contributed by atoms with E-state index in [9.17, 15) is 16.8 Å². The third-order valence-corrected chi connectivity index (χ3v) is 6.34. The first-order valence-corrected chi connectivity index (χ1v) is 11.5. The lowest BCUT2D eigenvalue weighted by Gasteiger charge is -2.10. The molecule has 0 amide bonds. The first kappa shape index (κ1) is 20.1. The molecule has 0 atom stereocenters. The van der Waals surface area contributed by atoms with Crippen molar-refractivity contribution in [2.24, 2.45) is 0 Å². The van der Waals surface area contributed by atoms with Crippen LogP contribution in [0.1, 0.15) is 11.1 Å². The van der Waals surface area contributed by atoms with E-state index in [1.165, 1.54) is 24.3 Å². The van der Waals surface area contributed by atoms with Crippen LogP contribution < -0.4 is 4.72 Å². The normalized spacial score (nSPS) is 11.9. The summed E-state index contributed by atoms with van der Waals surface area (Å²) in [6.07, 6.45) is 0. The van der Waals surface area contributed by atoms with Gasteiger partial charge in [-0.15, -0.1) is 0 Å². The molecule has 0 aromatic heterocycles. The van der Waals surface area contributed by atoms with Crippen molar-refractivity contribution in [3.05, 3.63) is 96.1 Å². The lowest BCUT2D eigenvalue weighted by atomic mass is 10.2. The monoisotopic (exact) mass is 417 g/mol. The number of anilines is 1. The van der Waals surface area contributed by atoms with Gasteiger partial charge in [-0.1, -0.05) is 66.7 Å². The van der Waals surface area contributed by atoms with Crippen LogP contribution in [-0.2, 0) is 36.7 Å². The number of sulfonamides is 1. The number of hydrogen-bond acceptors (Lipinski definition) is 5.